The van der Waals surface area contributed by atoms with E-state index >= 15 is 0 Å². The second-order valence-corrected chi connectivity index (χ2v) is 5.84. The van der Waals surface area contributed by atoms with Crippen molar-refractivity contribution in [2.45, 2.75) is 58.4 Å². The van der Waals surface area contributed by atoms with Gasteiger partial charge in [-0.2, -0.15) is 0 Å². The molecule has 0 aliphatic heterocycles. The molecule has 3 N–H and O–H groups in total. The smallest absolute Gasteiger partial charge is 0.335 e. The van der Waals surface area contributed by atoms with Gasteiger partial charge >= 0.3 is 5.97 Å². The molecule has 0 heterocycles. The maximum Gasteiger partial charge on any atom is 0.335 e. The summed E-state index contributed by atoms with van der Waals surface area (Å²) in [6.45, 7) is 5.90. The van der Waals surface area contributed by atoms with E-state index in [-0.39, 0.29) is 5.54 Å². The molecule has 0 saturated heterocycles. The molecule has 0 spiro atoms. The number of aryl methyl sites for hydroxylation is 2. The third kappa shape index (κ3) is 5.43. The molecule has 1 aliphatic rings. The average molecular weight is 263 g/mol. The maximum atomic E-state index is 10.5. The molecule has 1 fully saturated rings. The normalized spacial score (nSPS) is 17.3. The summed E-state index contributed by atoms with van der Waals surface area (Å²) in [5, 5.41) is 8.66. The molecule has 0 atom stereocenters. The van der Waals surface area contributed by atoms with Gasteiger partial charge in [0.25, 0.3) is 0 Å². The molecule has 3 heteroatoms. The number of carboxylic acids is 1. The lowest BCUT2D eigenvalue weighted by atomic mass is 9.84. The van der Waals surface area contributed by atoms with Gasteiger partial charge in [-0.05, 0) is 45.2 Å². The summed E-state index contributed by atoms with van der Waals surface area (Å²) in [6, 6.07) is 5.30. The molecule has 0 radical (unpaired) electrons. The molecule has 106 valence electrons. The van der Waals surface area contributed by atoms with Crippen LogP contribution >= 0.6 is 0 Å². The Morgan fingerprint density at radius 1 is 1.21 bits per heavy atom. The summed E-state index contributed by atoms with van der Waals surface area (Å²) in [7, 11) is 0. The number of aromatic carboxylic acids is 1. The minimum absolute atomic E-state index is 0.179. The fourth-order valence-corrected chi connectivity index (χ4v) is 2.41. The highest BCUT2D eigenvalue weighted by Gasteiger charge is 2.20. The molecule has 0 amide bonds. The van der Waals surface area contributed by atoms with Crippen LogP contribution in [0.3, 0.4) is 0 Å². The van der Waals surface area contributed by atoms with E-state index in [1.807, 2.05) is 13.0 Å². The van der Waals surface area contributed by atoms with Crippen molar-refractivity contribution in [3.05, 3.63) is 34.9 Å². The zero-order valence-corrected chi connectivity index (χ0v) is 12.2. The highest BCUT2D eigenvalue weighted by Crippen LogP contribution is 2.24. The fraction of sp³-hybridized carbons (Fsp3) is 0.562. The number of hydrogen-bond donors (Lipinski definition) is 2. The first kappa shape index (κ1) is 15.7. The molecular weight excluding hydrogens is 238 g/mol. The third-order valence-electron chi connectivity index (χ3n) is 3.61. The fourth-order valence-electron chi connectivity index (χ4n) is 2.41. The monoisotopic (exact) mass is 263 g/mol. The van der Waals surface area contributed by atoms with E-state index in [1.165, 1.54) is 32.1 Å². The van der Waals surface area contributed by atoms with Crippen molar-refractivity contribution in [1.29, 1.82) is 0 Å². The average Bonchev–Trinajstić information content (AvgIpc) is 2.28. The largest absolute Gasteiger partial charge is 0.478 e. The first-order valence-electron chi connectivity index (χ1n) is 6.91. The molecule has 0 unspecified atom stereocenters. The Morgan fingerprint density at radius 3 is 2.16 bits per heavy atom. The van der Waals surface area contributed by atoms with Crippen molar-refractivity contribution in [3.8, 4) is 0 Å². The van der Waals surface area contributed by atoms with Crippen LogP contribution in [0.5, 0.6) is 0 Å². The van der Waals surface area contributed by atoms with Crippen LogP contribution in [0.1, 0.15) is 60.5 Å². The van der Waals surface area contributed by atoms with E-state index in [2.05, 4.69) is 6.92 Å². The first-order chi connectivity index (χ1) is 8.82. The van der Waals surface area contributed by atoms with Crippen molar-refractivity contribution in [2.24, 2.45) is 5.73 Å². The van der Waals surface area contributed by atoms with Gasteiger partial charge in [0.15, 0.2) is 0 Å². The van der Waals surface area contributed by atoms with Gasteiger partial charge in [-0.25, -0.2) is 4.79 Å². The van der Waals surface area contributed by atoms with Crippen molar-refractivity contribution in [2.75, 3.05) is 0 Å². The Bertz CT molecular complexity index is 430. The lowest BCUT2D eigenvalue weighted by Crippen LogP contribution is -2.37. The predicted octanol–water partition coefficient (Wildman–Crippen LogP) is 3.67. The van der Waals surface area contributed by atoms with Crippen LogP contribution in [0.15, 0.2) is 18.2 Å². The summed E-state index contributed by atoms with van der Waals surface area (Å²) in [4.78, 5) is 10.5. The summed E-state index contributed by atoms with van der Waals surface area (Å²) in [6.07, 6.45) is 6.53. The molecule has 1 aliphatic carbocycles. The third-order valence-corrected chi connectivity index (χ3v) is 3.61. The van der Waals surface area contributed by atoms with Crippen molar-refractivity contribution in [1.82, 2.24) is 0 Å². The second kappa shape index (κ2) is 6.71. The van der Waals surface area contributed by atoms with Gasteiger partial charge < -0.3 is 10.8 Å². The van der Waals surface area contributed by atoms with Gasteiger partial charge in [0.2, 0.25) is 0 Å². The van der Waals surface area contributed by atoms with Gasteiger partial charge in [-0.1, -0.05) is 37.0 Å². The minimum Gasteiger partial charge on any atom is -0.478 e. The van der Waals surface area contributed by atoms with Crippen LogP contribution in [-0.4, -0.2) is 16.6 Å². The summed E-state index contributed by atoms with van der Waals surface area (Å²) < 4.78 is 0. The van der Waals surface area contributed by atoms with Gasteiger partial charge in [0.05, 0.1) is 5.56 Å². The van der Waals surface area contributed by atoms with E-state index in [0.29, 0.717) is 5.56 Å². The van der Waals surface area contributed by atoms with Crippen molar-refractivity contribution < 1.29 is 9.90 Å². The lowest BCUT2D eigenvalue weighted by molar-refractivity contribution is 0.0696. The van der Waals surface area contributed by atoms with Crippen LogP contribution in [0.25, 0.3) is 0 Å². The van der Waals surface area contributed by atoms with Crippen LogP contribution in [0.2, 0.25) is 0 Å². The molecule has 1 aromatic carbocycles. The van der Waals surface area contributed by atoms with Crippen molar-refractivity contribution in [3.63, 3.8) is 0 Å². The molecule has 3 nitrogen and oxygen atoms in total. The molecule has 0 aromatic heterocycles. The SMILES string of the molecule is CC1(N)CCCCC1.Cc1ccc(C(=O)O)c(C)c1. The summed E-state index contributed by atoms with van der Waals surface area (Å²) in [5.41, 5.74) is 8.35. The molecule has 1 aromatic rings. The Kier molecular flexibility index (Phi) is 5.55. The van der Waals surface area contributed by atoms with Crippen LogP contribution in [0.4, 0.5) is 0 Å². The highest BCUT2D eigenvalue weighted by molar-refractivity contribution is 5.89. The van der Waals surface area contributed by atoms with Gasteiger partial charge in [0.1, 0.15) is 0 Å². The van der Waals surface area contributed by atoms with E-state index in [9.17, 15) is 4.79 Å². The van der Waals surface area contributed by atoms with Gasteiger partial charge in [-0.15, -0.1) is 0 Å². The van der Waals surface area contributed by atoms with E-state index < -0.39 is 5.97 Å². The highest BCUT2D eigenvalue weighted by atomic mass is 16.4. The molecule has 0 bridgehead atoms. The number of carbonyl (C=O) groups is 1. The van der Waals surface area contributed by atoms with Crippen LogP contribution in [0, 0.1) is 13.8 Å². The molecule has 19 heavy (non-hydrogen) atoms. The first-order valence-corrected chi connectivity index (χ1v) is 6.91. The van der Waals surface area contributed by atoms with Crippen molar-refractivity contribution >= 4 is 5.97 Å². The quantitative estimate of drug-likeness (QED) is 0.812. The topological polar surface area (TPSA) is 63.3 Å². The Morgan fingerprint density at radius 2 is 1.79 bits per heavy atom. The zero-order valence-electron chi connectivity index (χ0n) is 12.2. The number of benzene rings is 1. The Hall–Kier alpha value is -1.35. The number of carboxylic acid groups (broad SMARTS) is 1. The maximum absolute atomic E-state index is 10.5. The van der Waals surface area contributed by atoms with Crippen LogP contribution in [-0.2, 0) is 0 Å². The molecular formula is C16H25NO2. The Balaban J connectivity index is 0.000000200. The lowest BCUT2D eigenvalue weighted by Gasteiger charge is -2.28. The molecule has 2 rings (SSSR count). The van der Waals surface area contributed by atoms with E-state index in [4.69, 9.17) is 10.8 Å². The second-order valence-electron chi connectivity index (χ2n) is 5.84. The zero-order chi connectivity index (χ0) is 14.5. The van der Waals surface area contributed by atoms with Gasteiger partial charge in [-0.3, -0.25) is 0 Å². The van der Waals surface area contributed by atoms with Gasteiger partial charge in [0, 0.05) is 5.54 Å². The Labute approximate surface area is 115 Å². The minimum atomic E-state index is -0.859. The predicted molar refractivity (Wildman–Crippen MR) is 78.6 cm³/mol. The van der Waals surface area contributed by atoms with Crippen LogP contribution < -0.4 is 5.73 Å². The standard InChI is InChI=1S/C9H10O2.C7H15N/c1-6-3-4-8(9(10)11)7(2)5-6;1-7(8)5-3-2-4-6-7/h3-5H,1-2H3,(H,10,11);2-6,8H2,1H3. The summed E-state index contributed by atoms with van der Waals surface area (Å²) in [5.74, 6) is -0.859. The number of hydrogen-bond acceptors (Lipinski definition) is 2. The number of nitrogens with two attached hydrogens (primary N) is 1. The van der Waals surface area contributed by atoms with E-state index in [1.54, 1.807) is 19.1 Å². The number of rotatable bonds is 1. The summed E-state index contributed by atoms with van der Waals surface area (Å²) >= 11 is 0. The van der Waals surface area contributed by atoms with E-state index in [0.717, 1.165) is 11.1 Å². The molecule has 1 saturated carbocycles.